The van der Waals surface area contributed by atoms with E-state index in [-0.39, 0.29) is 18.9 Å². The number of carbonyl (C=O) groups is 3. The van der Waals surface area contributed by atoms with Gasteiger partial charge >= 0.3 is 12.1 Å². The molecule has 0 saturated carbocycles. The minimum Gasteiger partial charge on any atom is -0.480 e. The molecule has 0 bridgehead atoms. The number of carboxylic acids is 1. The number of carboxylic acid groups (broad SMARTS) is 1. The lowest BCUT2D eigenvalue weighted by Crippen LogP contribution is -2.45. The molecule has 35 heavy (non-hydrogen) atoms. The number of rotatable bonds is 12. The van der Waals surface area contributed by atoms with Crippen LogP contribution < -0.4 is 10.6 Å². The molecule has 3 N–H and O–H groups in total. The van der Waals surface area contributed by atoms with Crippen LogP contribution in [0.4, 0.5) is 13.6 Å². The molecule has 0 radical (unpaired) electrons. The first-order valence-electron chi connectivity index (χ1n) is 11.7. The Balaban J connectivity index is 1.60. The van der Waals surface area contributed by atoms with E-state index in [1.807, 2.05) is 55.5 Å². The Morgan fingerprint density at radius 3 is 2.14 bits per heavy atom. The van der Waals surface area contributed by atoms with Gasteiger partial charge in [0.15, 0.2) is 0 Å². The highest BCUT2D eigenvalue weighted by atomic mass is 19.3. The Bertz CT molecular complexity index is 1000. The zero-order valence-electron chi connectivity index (χ0n) is 19.5. The summed E-state index contributed by atoms with van der Waals surface area (Å²) in [6, 6.07) is 13.6. The van der Waals surface area contributed by atoms with E-state index in [4.69, 9.17) is 9.84 Å². The van der Waals surface area contributed by atoms with Crippen LogP contribution in [-0.2, 0) is 14.3 Å². The predicted molar refractivity (Wildman–Crippen MR) is 126 cm³/mol. The third kappa shape index (κ3) is 7.00. The quantitative estimate of drug-likeness (QED) is 0.402. The maximum atomic E-state index is 12.6. The second-order valence-corrected chi connectivity index (χ2v) is 8.60. The van der Waals surface area contributed by atoms with Crippen molar-refractivity contribution >= 4 is 18.0 Å². The predicted octanol–water partition coefficient (Wildman–Crippen LogP) is 4.70. The molecule has 0 fully saturated rings. The van der Waals surface area contributed by atoms with Gasteiger partial charge in [0, 0.05) is 24.8 Å². The summed E-state index contributed by atoms with van der Waals surface area (Å²) in [6.45, 7) is 2.07. The third-order valence-electron chi connectivity index (χ3n) is 6.05. The molecule has 1 unspecified atom stereocenters. The number of amides is 2. The van der Waals surface area contributed by atoms with Crippen LogP contribution in [0.25, 0.3) is 11.1 Å². The van der Waals surface area contributed by atoms with Crippen molar-refractivity contribution in [3.05, 3.63) is 59.7 Å². The Hall–Kier alpha value is -3.49. The number of hydrogen-bond donors (Lipinski definition) is 3. The summed E-state index contributed by atoms with van der Waals surface area (Å²) < 4.78 is 30.7. The molecular formula is C26H30F2N2O5. The zero-order chi connectivity index (χ0) is 25.4. The van der Waals surface area contributed by atoms with Gasteiger partial charge < -0.3 is 20.5 Å². The fourth-order valence-corrected chi connectivity index (χ4v) is 4.36. The van der Waals surface area contributed by atoms with Gasteiger partial charge in [0.1, 0.15) is 12.6 Å². The van der Waals surface area contributed by atoms with E-state index in [1.54, 1.807) is 0 Å². The topological polar surface area (TPSA) is 105 Å². The number of nitrogens with one attached hydrogen (secondary N) is 2. The summed E-state index contributed by atoms with van der Waals surface area (Å²) in [4.78, 5) is 36.1. The van der Waals surface area contributed by atoms with E-state index in [0.29, 0.717) is 12.8 Å². The fourth-order valence-electron chi connectivity index (χ4n) is 4.36. The molecule has 7 nitrogen and oxygen atoms in total. The summed E-state index contributed by atoms with van der Waals surface area (Å²) in [5.74, 6) is -2.37. The van der Waals surface area contributed by atoms with Crippen LogP contribution in [0.3, 0.4) is 0 Å². The largest absolute Gasteiger partial charge is 0.480 e. The van der Waals surface area contributed by atoms with Crippen LogP contribution in [0.2, 0.25) is 0 Å². The van der Waals surface area contributed by atoms with Crippen molar-refractivity contribution in [1.29, 1.82) is 0 Å². The van der Waals surface area contributed by atoms with Crippen LogP contribution in [0, 0.1) is 0 Å². The van der Waals surface area contributed by atoms with Crippen molar-refractivity contribution in [2.24, 2.45) is 0 Å². The molecule has 1 aliphatic carbocycles. The lowest BCUT2D eigenvalue weighted by molar-refractivity contribution is -0.143. The normalized spacial score (nSPS) is 14.1. The number of ether oxygens (including phenoxy) is 1. The Morgan fingerprint density at radius 2 is 1.60 bits per heavy atom. The van der Waals surface area contributed by atoms with Crippen LogP contribution in [0.1, 0.15) is 56.1 Å². The number of unbranched alkanes of at least 4 members (excludes halogenated alkanes) is 1. The van der Waals surface area contributed by atoms with Gasteiger partial charge in [-0.1, -0.05) is 68.3 Å². The number of fused-ring (bicyclic) bond motifs is 3. The average Bonchev–Trinajstić information content (AvgIpc) is 3.14. The van der Waals surface area contributed by atoms with E-state index in [9.17, 15) is 23.2 Å². The van der Waals surface area contributed by atoms with E-state index < -0.39 is 42.9 Å². The number of benzene rings is 2. The van der Waals surface area contributed by atoms with Crippen molar-refractivity contribution < 1.29 is 33.0 Å². The average molecular weight is 489 g/mol. The van der Waals surface area contributed by atoms with Crippen molar-refractivity contribution in [1.82, 2.24) is 10.6 Å². The zero-order valence-corrected chi connectivity index (χ0v) is 19.5. The Morgan fingerprint density at radius 1 is 1.00 bits per heavy atom. The Labute approximate surface area is 202 Å². The highest BCUT2D eigenvalue weighted by molar-refractivity contribution is 5.84. The molecule has 0 aliphatic heterocycles. The van der Waals surface area contributed by atoms with E-state index in [0.717, 1.165) is 28.7 Å². The maximum absolute atomic E-state index is 12.6. The highest BCUT2D eigenvalue weighted by Gasteiger charge is 2.30. The molecule has 0 saturated heterocycles. The van der Waals surface area contributed by atoms with Crippen molar-refractivity contribution in [2.45, 2.75) is 63.5 Å². The standard InChI is InChI=1S/C26H30F2N2O5/c1-2-3-8-16(13-24(31)30-22(25(32)33)14-23(27)28)29-26(34)35-15-21-19-11-6-4-9-17(19)18-10-5-7-12-20(18)21/h4-7,9-12,16,21-23H,2-3,8,13-15H2,1H3,(H,29,34)(H,30,31)(H,32,33)/t16-,22?/m0/s1. The van der Waals surface area contributed by atoms with Gasteiger partial charge in [0.2, 0.25) is 12.3 Å². The maximum Gasteiger partial charge on any atom is 0.407 e. The van der Waals surface area contributed by atoms with Gasteiger partial charge in [-0.05, 0) is 28.7 Å². The highest BCUT2D eigenvalue weighted by Crippen LogP contribution is 2.44. The Kier molecular flexibility index (Phi) is 9.17. The molecule has 9 heteroatoms. The van der Waals surface area contributed by atoms with Crippen LogP contribution in [-0.4, -0.2) is 48.2 Å². The molecule has 2 atom stereocenters. The number of hydrogen-bond acceptors (Lipinski definition) is 4. The smallest absolute Gasteiger partial charge is 0.407 e. The van der Waals surface area contributed by atoms with Gasteiger partial charge in [0.25, 0.3) is 0 Å². The molecule has 0 aromatic heterocycles. The fraction of sp³-hybridized carbons (Fsp3) is 0.423. The molecule has 2 aromatic rings. The minimum atomic E-state index is -2.87. The van der Waals surface area contributed by atoms with Crippen LogP contribution in [0.5, 0.6) is 0 Å². The third-order valence-corrected chi connectivity index (χ3v) is 6.05. The summed E-state index contributed by atoms with van der Waals surface area (Å²) >= 11 is 0. The summed E-state index contributed by atoms with van der Waals surface area (Å²) in [6.07, 6.45) is -2.80. The van der Waals surface area contributed by atoms with Crippen LogP contribution >= 0.6 is 0 Å². The lowest BCUT2D eigenvalue weighted by Gasteiger charge is -2.21. The summed E-state index contributed by atoms with van der Waals surface area (Å²) in [7, 11) is 0. The number of alkyl carbamates (subject to hydrolysis) is 1. The van der Waals surface area contributed by atoms with Gasteiger partial charge in [-0.25, -0.2) is 18.4 Å². The molecule has 2 aromatic carbocycles. The first kappa shape index (κ1) is 26.1. The van der Waals surface area contributed by atoms with Crippen molar-refractivity contribution in [3.8, 4) is 11.1 Å². The lowest BCUT2D eigenvalue weighted by atomic mass is 9.98. The molecule has 0 spiro atoms. The number of carbonyl (C=O) groups excluding carboxylic acids is 2. The second-order valence-electron chi connectivity index (χ2n) is 8.60. The summed E-state index contributed by atoms with van der Waals surface area (Å²) in [5.41, 5.74) is 4.35. The van der Waals surface area contributed by atoms with Crippen LogP contribution in [0.15, 0.2) is 48.5 Å². The first-order valence-corrected chi connectivity index (χ1v) is 11.7. The first-order chi connectivity index (χ1) is 16.8. The number of aliphatic carboxylic acids is 1. The molecule has 0 heterocycles. The minimum absolute atomic E-state index is 0.113. The van der Waals surface area contributed by atoms with Gasteiger partial charge in [-0.2, -0.15) is 0 Å². The van der Waals surface area contributed by atoms with Crippen molar-refractivity contribution in [2.75, 3.05) is 6.61 Å². The molecule has 2 amide bonds. The van der Waals surface area contributed by atoms with Gasteiger partial charge in [-0.3, -0.25) is 4.79 Å². The van der Waals surface area contributed by atoms with Gasteiger partial charge in [-0.15, -0.1) is 0 Å². The molecule has 3 rings (SSSR count). The SMILES string of the molecule is CCCC[C@@H](CC(=O)NC(CC(F)F)C(=O)O)NC(=O)OCC1c2ccccc2-c2ccccc21. The second kappa shape index (κ2) is 12.3. The van der Waals surface area contributed by atoms with E-state index >= 15 is 0 Å². The van der Waals surface area contributed by atoms with E-state index in [1.165, 1.54) is 0 Å². The molecule has 1 aliphatic rings. The summed E-state index contributed by atoms with van der Waals surface area (Å²) in [5, 5.41) is 13.9. The van der Waals surface area contributed by atoms with Gasteiger partial charge in [0.05, 0.1) is 0 Å². The molecule has 188 valence electrons. The monoisotopic (exact) mass is 488 g/mol. The van der Waals surface area contributed by atoms with Crippen molar-refractivity contribution in [3.63, 3.8) is 0 Å². The number of alkyl halides is 2. The number of halogens is 2. The van der Waals surface area contributed by atoms with E-state index in [2.05, 4.69) is 10.6 Å². The molecular weight excluding hydrogens is 458 g/mol.